The average Bonchev–Trinajstić information content (AvgIpc) is 3.33. The van der Waals surface area contributed by atoms with Crippen molar-refractivity contribution < 1.29 is 32.9 Å². The number of aliphatic hydroxyl groups is 1. The number of carbonyl (C=O) groups excluding carboxylic acids is 1. The number of amides is 1. The van der Waals surface area contributed by atoms with Gasteiger partial charge in [-0.3, -0.25) is 13.8 Å². The third-order valence-corrected chi connectivity index (χ3v) is 14.7. The molecule has 3 unspecified atom stereocenters. The van der Waals surface area contributed by atoms with Gasteiger partial charge in [0.25, 0.3) is 0 Å². The van der Waals surface area contributed by atoms with E-state index in [4.69, 9.17) is 9.05 Å². The first-order valence-corrected chi connectivity index (χ1v) is 32.0. The molecule has 3 atom stereocenters. The molecule has 3 N–H and O–H groups in total. The number of likely N-dealkylation sites (N-methyl/N-ethyl adjacent to an activating group) is 1. The van der Waals surface area contributed by atoms with E-state index in [2.05, 4.69) is 55.6 Å². The van der Waals surface area contributed by atoms with Crippen molar-refractivity contribution in [3.8, 4) is 0 Å². The van der Waals surface area contributed by atoms with Crippen LogP contribution < -0.4 is 5.32 Å². The summed E-state index contributed by atoms with van der Waals surface area (Å²) in [6, 6.07) is -0.869. The second kappa shape index (κ2) is 53.3. The Labute approximate surface area is 441 Å². The predicted molar refractivity (Wildman–Crippen MR) is 309 cm³/mol. The molecule has 0 aromatic rings. The molecule has 9 heteroatoms. The van der Waals surface area contributed by atoms with E-state index in [0.717, 1.165) is 44.9 Å². The van der Waals surface area contributed by atoms with Crippen LogP contribution in [0.15, 0.2) is 48.6 Å². The Morgan fingerprint density at radius 2 is 0.775 bits per heavy atom. The van der Waals surface area contributed by atoms with Gasteiger partial charge < -0.3 is 19.8 Å². The van der Waals surface area contributed by atoms with Gasteiger partial charge in [0.15, 0.2) is 0 Å². The van der Waals surface area contributed by atoms with Crippen molar-refractivity contribution in [2.75, 3.05) is 40.9 Å². The Balaban J connectivity index is 4.05. The van der Waals surface area contributed by atoms with Crippen molar-refractivity contribution in [1.29, 1.82) is 0 Å². The monoisotopic (exact) mass is 1020 g/mol. The molecule has 0 aliphatic carbocycles. The second-order valence-electron chi connectivity index (χ2n) is 22.1. The van der Waals surface area contributed by atoms with Crippen LogP contribution in [0.4, 0.5) is 0 Å². The summed E-state index contributed by atoms with van der Waals surface area (Å²) in [5.41, 5.74) is 0. The minimum Gasteiger partial charge on any atom is -0.387 e. The van der Waals surface area contributed by atoms with E-state index in [1.807, 2.05) is 27.2 Å². The van der Waals surface area contributed by atoms with Gasteiger partial charge in [-0.15, -0.1) is 0 Å². The number of allylic oxidation sites excluding steroid dienone is 7. The molecular formula is C62H120N2O6P+. The van der Waals surface area contributed by atoms with Crippen LogP contribution in [0.1, 0.15) is 290 Å². The number of rotatable bonds is 56. The minimum absolute atomic E-state index is 0.0541. The Kier molecular flexibility index (Phi) is 52.1. The van der Waals surface area contributed by atoms with E-state index in [9.17, 15) is 19.4 Å². The van der Waals surface area contributed by atoms with Crippen molar-refractivity contribution in [1.82, 2.24) is 5.32 Å². The summed E-state index contributed by atoms with van der Waals surface area (Å²) < 4.78 is 23.7. The molecule has 0 rings (SSSR count). The number of carbonyl (C=O) groups is 1. The van der Waals surface area contributed by atoms with E-state index >= 15 is 0 Å². The fraction of sp³-hybridized carbons (Fsp3) is 0.855. The summed E-state index contributed by atoms with van der Waals surface area (Å²) in [6.45, 7) is 4.80. The number of phosphoric ester groups is 1. The molecular weight excluding hydrogens is 900 g/mol. The van der Waals surface area contributed by atoms with Gasteiger partial charge in [-0.1, -0.05) is 262 Å². The highest BCUT2D eigenvalue weighted by molar-refractivity contribution is 7.47. The Morgan fingerprint density at radius 1 is 0.465 bits per heavy atom. The van der Waals surface area contributed by atoms with Crippen molar-refractivity contribution in [3.05, 3.63) is 48.6 Å². The van der Waals surface area contributed by atoms with Gasteiger partial charge in [0.1, 0.15) is 13.2 Å². The van der Waals surface area contributed by atoms with Crippen molar-refractivity contribution in [2.24, 2.45) is 0 Å². The molecule has 0 radical (unpaired) electrons. The molecule has 8 nitrogen and oxygen atoms in total. The summed E-state index contributed by atoms with van der Waals surface area (Å²) >= 11 is 0. The fourth-order valence-electron chi connectivity index (χ4n) is 8.95. The summed E-state index contributed by atoms with van der Waals surface area (Å²) in [5.74, 6) is -0.187. The van der Waals surface area contributed by atoms with Crippen LogP contribution in [0.25, 0.3) is 0 Å². The normalized spacial score (nSPS) is 14.2. The average molecular weight is 1020 g/mol. The summed E-state index contributed by atoms with van der Waals surface area (Å²) in [7, 11) is 1.55. The van der Waals surface area contributed by atoms with Gasteiger partial charge in [0, 0.05) is 6.42 Å². The standard InChI is InChI=1S/C62H119N2O6P/c1-6-8-10-12-14-16-18-20-22-24-25-26-27-28-29-30-31-32-33-34-35-36-37-38-39-40-42-44-46-48-50-52-54-56-62(66)63-60(59-70-71(67,68)69-58-57-64(3,4)5)61(65)55-53-51-49-47-45-43-41-23-21-19-17-15-13-11-9-7-2/h21,23-25,45,47,53,55,60-61,65H,6-20,22,26-44,46,48-52,54,56-59H2,1-5H3,(H-,63,66,67,68)/p+1/b23-21+,25-24-,47-45+,55-53+. The first kappa shape index (κ1) is 69.5. The smallest absolute Gasteiger partial charge is 0.387 e. The summed E-state index contributed by atoms with van der Waals surface area (Å²) in [5, 5.41) is 13.9. The number of unbranched alkanes of at least 4 members (excludes halogenated alkanes) is 37. The van der Waals surface area contributed by atoms with Gasteiger partial charge in [0.05, 0.1) is 39.9 Å². The minimum atomic E-state index is -4.36. The van der Waals surface area contributed by atoms with E-state index < -0.39 is 20.0 Å². The lowest BCUT2D eigenvalue weighted by molar-refractivity contribution is -0.870. The van der Waals surface area contributed by atoms with Crippen molar-refractivity contribution in [2.45, 2.75) is 302 Å². The molecule has 0 aromatic heterocycles. The maximum atomic E-state index is 13.0. The van der Waals surface area contributed by atoms with Crippen LogP contribution in [0.2, 0.25) is 0 Å². The highest BCUT2D eigenvalue weighted by Gasteiger charge is 2.27. The SMILES string of the molecule is CCCCCCCC/C=C/CC/C=C/CC/C=C/C(O)C(COP(=O)(O)OCC[N+](C)(C)C)NC(=O)CCCCCCCCCCCCCCCCCCCCCCC/C=C\CCCCCCCCCC. The zero-order valence-corrected chi connectivity index (χ0v) is 48.6. The molecule has 0 bridgehead atoms. The van der Waals surface area contributed by atoms with Crippen LogP contribution in [-0.4, -0.2) is 73.4 Å². The van der Waals surface area contributed by atoms with Crippen LogP contribution in [0.3, 0.4) is 0 Å². The predicted octanol–water partition coefficient (Wildman–Crippen LogP) is 18.7. The lowest BCUT2D eigenvalue weighted by Gasteiger charge is -2.25. The van der Waals surface area contributed by atoms with Crippen molar-refractivity contribution in [3.63, 3.8) is 0 Å². The van der Waals surface area contributed by atoms with E-state index in [1.54, 1.807) is 6.08 Å². The van der Waals surface area contributed by atoms with E-state index in [1.165, 1.54) is 225 Å². The van der Waals surface area contributed by atoms with Crippen LogP contribution >= 0.6 is 7.82 Å². The summed E-state index contributed by atoms with van der Waals surface area (Å²) in [6.07, 6.45) is 71.0. The van der Waals surface area contributed by atoms with Crippen LogP contribution in [0.5, 0.6) is 0 Å². The Hall–Kier alpha value is -1.54. The Morgan fingerprint density at radius 3 is 1.13 bits per heavy atom. The quantitative estimate of drug-likeness (QED) is 0.0243. The molecule has 0 saturated carbocycles. The molecule has 0 saturated heterocycles. The zero-order chi connectivity index (χ0) is 52.0. The molecule has 0 heterocycles. The van der Waals surface area contributed by atoms with Crippen LogP contribution in [0, 0.1) is 0 Å². The number of nitrogens with zero attached hydrogens (tertiary/aromatic N) is 1. The first-order chi connectivity index (χ1) is 34.5. The van der Waals surface area contributed by atoms with Gasteiger partial charge in [-0.05, 0) is 70.6 Å². The molecule has 0 fully saturated rings. The van der Waals surface area contributed by atoms with Crippen molar-refractivity contribution >= 4 is 13.7 Å². The summed E-state index contributed by atoms with van der Waals surface area (Å²) in [4.78, 5) is 23.3. The number of aliphatic hydroxyl groups excluding tert-OH is 1. The number of quaternary nitrogens is 1. The van der Waals surface area contributed by atoms with E-state index in [0.29, 0.717) is 17.4 Å². The van der Waals surface area contributed by atoms with Crippen LogP contribution in [-0.2, 0) is 18.4 Å². The largest absolute Gasteiger partial charge is 0.472 e. The number of hydrogen-bond donors (Lipinski definition) is 3. The van der Waals surface area contributed by atoms with Gasteiger partial charge in [-0.25, -0.2) is 4.57 Å². The number of phosphoric acid groups is 1. The maximum absolute atomic E-state index is 13.0. The highest BCUT2D eigenvalue weighted by atomic mass is 31.2. The zero-order valence-electron chi connectivity index (χ0n) is 47.7. The lowest BCUT2D eigenvalue weighted by atomic mass is 10.0. The van der Waals surface area contributed by atoms with Gasteiger partial charge in [0.2, 0.25) is 5.91 Å². The maximum Gasteiger partial charge on any atom is 0.472 e. The first-order valence-electron chi connectivity index (χ1n) is 30.5. The van der Waals surface area contributed by atoms with E-state index in [-0.39, 0.29) is 19.1 Å². The molecule has 0 spiro atoms. The second-order valence-corrected chi connectivity index (χ2v) is 23.5. The van der Waals surface area contributed by atoms with Gasteiger partial charge in [-0.2, -0.15) is 0 Å². The lowest BCUT2D eigenvalue weighted by Crippen LogP contribution is -2.45. The fourth-order valence-corrected chi connectivity index (χ4v) is 9.69. The highest BCUT2D eigenvalue weighted by Crippen LogP contribution is 2.43. The molecule has 1 amide bonds. The third kappa shape index (κ3) is 56.0. The topological polar surface area (TPSA) is 105 Å². The third-order valence-electron chi connectivity index (χ3n) is 13.7. The molecule has 0 aliphatic heterocycles. The number of nitrogens with one attached hydrogen (secondary N) is 1. The molecule has 0 aromatic carbocycles. The number of hydrogen-bond acceptors (Lipinski definition) is 5. The van der Waals surface area contributed by atoms with Gasteiger partial charge >= 0.3 is 7.82 Å². The molecule has 71 heavy (non-hydrogen) atoms. The molecule has 418 valence electrons. The molecule has 0 aliphatic rings. The Bertz CT molecular complexity index is 1290.